The molecule has 2 N–H and O–H groups in total. The van der Waals surface area contributed by atoms with Crippen LogP contribution in [0.15, 0.2) is 12.1 Å². The van der Waals surface area contributed by atoms with Crippen LogP contribution in [0, 0.1) is 5.92 Å². The van der Waals surface area contributed by atoms with Crippen molar-refractivity contribution in [3.05, 3.63) is 23.3 Å². The number of ether oxygens (including phenoxy) is 4. The van der Waals surface area contributed by atoms with E-state index in [1.54, 1.807) is 6.07 Å². The minimum Gasteiger partial charge on any atom is -0.504 e. The Kier molecular flexibility index (Phi) is 7.14. The van der Waals surface area contributed by atoms with Gasteiger partial charge >= 0.3 is 11.9 Å². The van der Waals surface area contributed by atoms with Gasteiger partial charge in [0.2, 0.25) is 0 Å². The van der Waals surface area contributed by atoms with E-state index in [0.29, 0.717) is 12.2 Å². The van der Waals surface area contributed by atoms with Gasteiger partial charge in [0.1, 0.15) is 23.3 Å². The Labute approximate surface area is 249 Å². The topological polar surface area (TPSA) is 107 Å². The summed E-state index contributed by atoms with van der Waals surface area (Å²) in [5.41, 5.74) is -0.0817. The van der Waals surface area contributed by atoms with E-state index in [2.05, 4.69) is 16.3 Å². The summed E-state index contributed by atoms with van der Waals surface area (Å²) in [6, 6.07) is 2.82. The lowest BCUT2D eigenvalue weighted by atomic mass is 9.48. The monoisotopic (exact) mass is 584 g/mol. The Hall–Kier alpha value is -2.36. The molecule has 0 radical (unpaired) electrons. The zero-order chi connectivity index (χ0) is 30.2. The first-order valence-corrected chi connectivity index (χ1v) is 15.7. The lowest BCUT2D eigenvalue weighted by Crippen LogP contribution is -2.79. The van der Waals surface area contributed by atoms with Gasteiger partial charge in [0, 0.05) is 31.3 Å². The smallest absolute Gasteiger partial charge is 0.324 e. The number of hydrogen-bond donors (Lipinski definition) is 2. The van der Waals surface area contributed by atoms with Crippen molar-refractivity contribution in [2.24, 2.45) is 5.92 Å². The number of methoxy groups -OCH3 is 1. The molecule has 6 rings (SSSR count). The number of phenolic OH excluding ortho intramolecular Hbond substituents is 1. The Morgan fingerprint density at radius 1 is 1.10 bits per heavy atom. The van der Waals surface area contributed by atoms with Crippen LogP contribution in [0.1, 0.15) is 91.2 Å². The van der Waals surface area contributed by atoms with Crippen LogP contribution < -0.4 is 10.1 Å². The maximum absolute atomic E-state index is 13.5. The number of nitrogens with zero attached hydrogens (tertiary/aromatic N) is 1. The molecule has 1 spiro atoms. The molecule has 0 aromatic heterocycles. The number of nitrogens with one attached hydrogen (secondary N) is 1. The van der Waals surface area contributed by atoms with Gasteiger partial charge in [-0.25, -0.2) is 0 Å². The zero-order valence-electron chi connectivity index (χ0n) is 26.2. The van der Waals surface area contributed by atoms with Gasteiger partial charge < -0.3 is 24.1 Å². The van der Waals surface area contributed by atoms with Crippen LogP contribution >= 0.6 is 0 Å². The average Bonchev–Trinajstić information content (AvgIpc) is 3.62. The highest BCUT2D eigenvalue weighted by molar-refractivity contribution is 5.83. The first-order chi connectivity index (χ1) is 19.7. The van der Waals surface area contributed by atoms with Crippen LogP contribution in [0.3, 0.4) is 0 Å². The highest BCUT2D eigenvalue weighted by atomic mass is 16.6. The summed E-state index contributed by atoms with van der Waals surface area (Å²) < 4.78 is 24.8. The summed E-state index contributed by atoms with van der Waals surface area (Å²) in [6.07, 6.45) is 5.20. The fraction of sp³-hybridized carbons (Fsp3) is 0.758. The molecule has 5 aliphatic rings. The van der Waals surface area contributed by atoms with Crippen LogP contribution in [0.5, 0.6) is 11.5 Å². The fourth-order valence-electron chi connectivity index (χ4n) is 8.43. The summed E-state index contributed by atoms with van der Waals surface area (Å²) in [5, 5.41) is 14.5. The SMILES string of the molecule is CO[C@@]12CCC(N[C@@H](CC(=O)OC(C)(C)C)C(=O)OC(C)(C)C)C3Oc4c(O)ccc5c4[C@@]31CCN(CC1CC1)[C@@H]2C5. The maximum Gasteiger partial charge on any atom is 0.324 e. The standard InChI is InChI=1S/C33H48N2O7/c1-30(2,3)41-25(37)17-22(29(38)42-31(4,5)6)34-21-12-13-33(39-7)24-16-20-10-11-23(36)27-26(20)32(33,28(21)40-27)14-15-35(24)18-19-8-9-19/h10-11,19,21-22,24,28,34,36H,8-9,12-18H2,1-7H3/t21?,22-,24+,28?,32-,33+/m0/s1. The Balaban J connectivity index is 1.36. The number of aromatic hydroxyl groups is 1. The predicted octanol–water partition coefficient (Wildman–Crippen LogP) is 4.01. The minimum atomic E-state index is -0.912. The highest BCUT2D eigenvalue weighted by Gasteiger charge is 2.74. The number of esters is 2. The van der Waals surface area contributed by atoms with E-state index < -0.39 is 40.2 Å². The second-order valence-electron chi connectivity index (χ2n) is 15.1. The van der Waals surface area contributed by atoms with Crippen molar-refractivity contribution in [3.8, 4) is 11.5 Å². The van der Waals surface area contributed by atoms with Crippen LogP contribution in [-0.2, 0) is 35.6 Å². The normalized spacial score (nSPS) is 32.5. The third-order valence-corrected chi connectivity index (χ3v) is 9.98. The van der Waals surface area contributed by atoms with Crippen molar-refractivity contribution >= 4 is 11.9 Å². The molecule has 232 valence electrons. The van der Waals surface area contributed by atoms with Gasteiger partial charge in [0.05, 0.1) is 17.4 Å². The van der Waals surface area contributed by atoms with Gasteiger partial charge in [-0.2, -0.15) is 0 Å². The van der Waals surface area contributed by atoms with Crippen molar-refractivity contribution in [1.82, 2.24) is 10.2 Å². The third kappa shape index (κ3) is 4.89. The number of benzene rings is 1. The number of carbonyl (C=O) groups excluding carboxylic acids is 2. The summed E-state index contributed by atoms with van der Waals surface area (Å²) in [4.78, 5) is 29.1. The van der Waals surface area contributed by atoms with E-state index >= 15 is 0 Å². The molecule has 2 saturated carbocycles. The summed E-state index contributed by atoms with van der Waals surface area (Å²) >= 11 is 0. The van der Waals surface area contributed by atoms with Crippen LogP contribution in [0.2, 0.25) is 0 Å². The Morgan fingerprint density at radius 3 is 2.45 bits per heavy atom. The molecular formula is C33H48N2O7. The maximum atomic E-state index is 13.5. The van der Waals surface area contributed by atoms with Crippen LogP contribution in [0.25, 0.3) is 0 Å². The van der Waals surface area contributed by atoms with Crippen LogP contribution in [-0.4, -0.2) is 83.2 Å². The number of carbonyl (C=O) groups is 2. The molecule has 9 nitrogen and oxygen atoms in total. The first kappa shape index (κ1) is 29.7. The van der Waals surface area contributed by atoms with Gasteiger partial charge in [-0.15, -0.1) is 0 Å². The van der Waals surface area contributed by atoms with Gasteiger partial charge in [-0.3, -0.25) is 19.8 Å². The Morgan fingerprint density at radius 2 is 1.81 bits per heavy atom. The molecule has 2 bridgehead atoms. The van der Waals surface area contributed by atoms with Crippen molar-refractivity contribution in [3.63, 3.8) is 0 Å². The average molecular weight is 585 g/mol. The zero-order valence-corrected chi connectivity index (χ0v) is 26.2. The highest BCUT2D eigenvalue weighted by Crippen LogP contribution is 2.66. The van der Waals surface area contributed by atoms with E-state index in [1.165, 1.54) is 18.4 Å². The molecule has 2 unspecified atom stereocenters. The minimum absolute atomic E-state index is 0.137. The van der Waals surface area contributed by atoms with Crippen molar-refractivity contribution in [2.75, 3.05) is 20.2 Å². The second-order valence-corrected chi connectivity index (χ2v) is 15.1. The van der Waals surface area contributed by atoms with E-state index in [-0.39, 0.29) is 30.4 Å². The summed E-state index contributed by atoms with van der Waals surface area (Å²) in [7, 11) is 1.83. The predicted molar refractivity (Wildman–Crippen MR) is 157 cm³/mol. The van der Waals surface area contributed by atoms with E-state index in [0.717, 1.165) is 43.8 Å². The molecule has 0 amide bonds. The van der Waals surface area contributed by atoms with Gasteiger partial charge in [-0.1, -0.05) is 6.07 Å². The molecule has 42 heavy (non-hydrogen) atoms. The van der Waals surface area contributed by atoms with Gasteiger partial charge in [-0.05, 0) is 104 Å². The molecule has 2 heterocycles. The number of likely N-dealkylation sites (tertiary alicyclic amines) is 1. The van der Waals surface area contributed by atoms with E-state index in [1.807, 2.05) is 48.7 Å². The fourth-order valence-corrected chi connectivity index (χ4v) is 8.43. The lowest BCUT2D eigenvalue weighted by Gasteiger charge is -2.65. The molecule has 1 aromatic carbocycles. The molecule has 3 aliphatic carbocycles. The lowest BCUT2D eigenvalue weighted by molar-refractivity contribution is -0.208. The van der Waals surface area contributed by atoms with Crippen molar-refractivity contribution in [2.45, 2.75) is 133 Å². The summed E-state index contributed by atoms with van der Waals surface area (Å²) in [6.45, 7) is 12.9. The molecule has 9 heteroatoms. The molecule has 1 saturated heterocycles. The van der Waals surface area contributed by atoms with E-state index in [9.17, 15) is 14.7 Å². The first-order valence-electron chi connectivity index (χ1n) is 15.7. The molecule has 1 aromatic rings. The largest absolute Gasteiger partial charge is 0.504 e. The second kappa shape index (κ2) is 10.1. The third-order valence-electron chi connectivity index (χ3n) is 9.98. The number of hydrogen-bond acceptors (Lipinski definition) is 9. The molecule has 3 fully saturated rings. The van der Waals surface area contributed by atoms with Gasteiger partial charge in [0.15, 0.2) is 11.5 Å². The molecule has 2 aliphatic heterocycles. The Bertz CT molecular complexity index is 1250. The van der Waals surface area contributed by atoms with Crippen LogP contribution in [0.4, 0.5) is 0 Å². The van der Waals surface area contributed by atoms with Crippen molar-refractivity contribution in [1.29, 1.82) is 0 Å². The molecule has 6 atom stereocenters. The quantitative estimate of drug-likeness (QED) is 0.439. The summed E-state index contributed by atoms with van der Waals surface area (Å²) in [5.74, 6) is 0.489. The van der Waals surface area contributed by atoms with Gasteiger partial charge in [0.25, 0.3) is 0 Å². The molecular weight excluding hydrogens is 536 g/mol. The number of piperidine rings is 1. The number of phenols is 1. The van der Waals surface area contributed by atoms with E-state index in [4.69, 9.17) is 18.9 Å². The number of rotatable bonds is 8. The van der Waals surface area contributed by atoms with Crippen molar-refractivity contribution < 1.29 is 33.6 Å².